The van der Waals surface area contributed by atoms with Gasteiger partial charge in [-0.3, -0.25) is 9.59 Å². The van der Waals surface area contributed by atoms with Gasteiger partial charge in [0.05, 0.1) is 12.1 Å². The molecule has 1 unspecified atom stereocenters. The molecule has 1 heterocycles. The van der Waals surface area contributed by atoms with Gasteiger partial charge in [-0.2, -0.15) is 0 Å². The van der Waals surface area contributed by atoms with E-state index in [1.165, 1.54) is 13.2 Å². The SMILES string of the molecule is COc1cc(C(=O)N2CCNCC2C)cc(Cl)c1OCC(N)=O.Cl. The maximum atomic E-state index is 12.7. The first-order chi connectivity index (χ1) is 10.9. The molecule has 0 bridgehead atoms. The highest BCUT2D eigenvalue weighted by Gasteiger charge is 2.26. The molecule has 1 aromatic carbocycles. The van der Waals surface area contributed by atoms with Crippen LogP contribution in [0.4, 0.5) is 0 Å². The lowest BCUT2D eigenvalue weighted by atomic mass is 10.1. The first kappa shape index (κ1) is 20.3. The zero-order valence-corrected chi connectivity index (χ0v) is 15.1. The van der Waals surface area contributed by atoms with Crippen molar-refractivity contribution in [2.75, 3.05) is 33.4 Å². The number of ether oxygens (including phenoxy) is 2. The maximum Gasteiger partial charge on any atom is 0.255 e. The number of hydrogen-bond acceptors (Lipinski definition) is 5. The van der Waals surface area contributed by atoms with Gasteiger partial charge in [-0.15, -0.1) is 12.4 Å². The zero-order chi connectivity index (χ0) is 17.0. The largest absolute Gasteiger partial charge is 0.493 e. The highest BCUT2D eigenvalue weighted by molar-refractivity contribution is 6.32. The number of nitrogens with one attached hydrogen (secondary N) is 1. The highest BCUT2D eigenvalue weighted by atomic mass is 35.5. The van der Waals surface area contributed by atoms with Gasteiger partial charge in [-0.05, 0) is 19.1 Å². The molecule has 1 atom stereocenters. The molecule has 134 valence electrons. The maximum absolute atomic E-state index is 12.7. The van der Waals surface area contributed by atoms with Gasteiger partial charge < -0.3 is 25.4 Å². The van der Waals surface area contributed by atoms with Crippen LogP contribution in [-0.4, -0.2) is 56.1 Å². The van der Waals surface area contributed by atoms with E-state index in [9.17, 15) is 9.59 Å². The van der Waals surface area contributed by atoms with Gasteiger partial charge in [0, 0.05) is 31.2 Å². The molecule has 1 aliphatic rings. The van der Waals surface area contributed by atoms with Crippen molar-refractivity contribution < 1.29 is 19.1 Å². The van der Waals surface area contributed by atoms with Gasteiger partial charge in [0.15, 0.2) is 18.1 Å². The fourth-order valence-corrected chi connectivity index (χ4v) is 2.70. The monoisotopic (exact) mass is 377 g/mol. The number of carbonyl (C=O) groups excluding carboxylic acids is 2. The summed E-state index contributed by atoms with van der Waals surface area (Å²) in [5.74, 6) is -0.277. The minimum atomic E-state index is -0.627. The minimum Gasteiger partial charge on any atom is -0.493 e. The fourth-order valence-electron chi connectivity index (χ4n) is 2.44. The minimum absolute atomic E-state index is 0. The molecular formula is C15H21Cl2N3O4. The van der Waals surface area contributed by atoms with Crippen LogP contribution in [0.2, 0.25) is 5.02 Å². The molecule has 1 aliphatic heterocycles. The third-order valence-electron chi connectivity index (χ3n) is 3.60. The van der Waals surface area contributed by atoms with E-state index in [0.29, 0.717) is 12.1 Å². The molecule has 2 amide bonds. The van der Waals surface area contributed by atoms with E-state index in [1.807, 2.05) is 6.92 Å². The summed E-state index contributed by atoms with van der Waals surface area (Å²) in [6.45, 7) is 3.78. The number of rotatable bonds is 5. The van der Waals surface area contributed by atoms with Crippen molar-refractivity contribution in [1.82, 2.24) is 10.2 Å². The number of nitrogens with zero attached hydrogens (tertiary/aromatic N) is 1. The van der Waals surface area contributed by atoms with Crippen LogP contribution in [0, 0.1) is 0 Å². The van der Waals surface area contributed by atoms with Gasteiger partial charge in [0.2, 0.25) is 0 Å². The summed E-state index contributed by atoms with van der Waals surface area (Å²) in [7, 11) is 1.44. The molecule has 24 heavy (non-hydrogen) atoms. The Kier molecular flexibility index (Phi) is 7.59. The van der Waals surface area contributed by atoms with E-state index in [4.69, 9.17) is 26.8 Å². The van der Waals surface area contributed by atoms with Crippen molar-refractivity contribution in [2.24, 2.45) is 5.73 Å². The lowest BCUT2D eigenvalue weighted by molar-refractivity contribution is -0.119. The van der Waals surface area contributed by atoms with Gasteiger partial charge >= 0.3 is 0 Å². The van der Waals surface area contributed by atoms with E-state index >= 15 is 0 Å². The number of methoxy groups -OCH3 is 1. The standard InChI is InChI=1S/C15H20ClN3O4.ClH/c1-9-7-18-3-4-19(9)15(21)10-5-11(16)14(12(6-10)22-2)23-8-13(17)20;/h5-6,9,18H,3-4,7-8H2,1-2H3,(H2,17,20);1H. The van der Waals surface area contributed by atoms with Gasteiger partial charge in [0.25, 0.3) is 11.8 Å². The molecule has 7 nitrogen and oxygen atoms in total. The number of piperazine rings is 1. The summed E-state index contributed by atoms with van der Waals surface area (Å²) in [4.78, 5) is 25.3. The first-order valence-corrected chi connectivity index (χ1v) is 7.62. The van der Waals surface area contributed by atoms with Crippen LogP contribution >= 0.6 is 24.0 Å². The Hall–Kier alpha value is -1.70. The molecular weight excluding hydrogens is 357 g/mol. The number of primary amides is 1. The number of hydrogen-bond donors (Lipinski definition) is 2. The van der Waals surface area contributed by atoms with E-state index in [-0.39, 0.29) is 47.5 Å². The summed E-state index contributed by atoms with van der Waals surface area (Å²) < 4.78 is 10.5. The summed E-state index contributed by atoms with van der Waals surface area (Å²) in [6, 6.07) is 3.16. The van der Waals surface area contributed by atoms with Crippen molar-refractivity contribution in [3.05, 3.63) is 22.7 Å². The summed E-state index contributed by atoms with van der Waals surface area (Å²) in [5, 5.41) is 3.42. The van der Waals surface area contributed by atoms with Crippen LogP contribution in [0.15, 0.2) is 12.1 Å². The Labute approximate surface area is 151 Å². The lowest BCUT2D eigenvalue weighted by Gasteiger charge is -2.34. The average Bonchev–Trinajstić information content (AvgIpc) is 2.52. The van der Waals surface area contributed by atoms with Crippen LogP contribution in [0.25, 0.3) is 0 Å². The average molecular weight is 378 g/mol. The normalized spacial score (nSPS) is 17.0. The molecule has 3 N–H and O–H groups in total. The summed E-state index contributed by atoms with van der Waals surface area (Å²) in [6.07, 6.45) is 0. The van der Waals surface area contributed by atoms with E-state index in [2.05, 4.69) is 5.32 Å². The van der Waals surface area contributed by atoms with Crippen molar-refractivity contribution in [3.8, 4) is 11.5 Å². The Balaban J connectivity index is 0.00000288. The van der Waals surface area contributed by atoms with E-state index < -0.39 is 5.91 Å². The van der Waals surface area contributed by atoms with Gasteiger partial charge in [-0.25, -0.2) is 0 Å². The smallest absolute Gasteiger partial charge is 0.255 e. The topological polar surface area (TPSA) is 93.9 Å². The zero-order valence-electron chi connectivity index (χ0n) is 13.5. The molecule has 1 aromatic rings. The molecule has 1 saturated heterocycles. The van der Waals surface area contributed by atoms with Crippen LogP contribution < -0.4 is 20.5 Å². The second kappa shape index (κ2) is 8.96. The predicted octanol–water partition coefficient (Wildman–Crippen LogP) is 1.07. The number of halogens is 2. The highest BCUT2D eigenvalue weighted by Crippen LogP contribution is 2.36. The molecule has 2 rings (SSSR count). The van der Waals surface area contributed by atoms with Crippen LogP contribution in [0.5, 0.6) is 11.5 Å². The Morgan fingerprint density at radius 3 is 2.75 bits per heavy atom. The van der Waals surface area contributed by atoms with E-state index in [0.717, 1.165) is 13.1 Å². The Morgan fingerprint density at radius 2 is 2.17 bits per heavy atom. The molecule has 1 fully saturated rings. The molecule has 0 saturated carbocycles. The van der Waals surface area contributed by atoms with Crippen molar-refractivity contribution >= 4 is 35.8 Å². The molecule has 0 spiro atoms. The Bertz CT molecular complexity index is 613. The van der Waals surface area contributed by atoms with Crippen LogP contribution in [-0.2, 0) is 4.79 Å². The van der Waals surface area contributed by atoms with Crippen molar-refractivity contribution in [3.63, 3.8) is 0 Å². The second-order valence-corrected chi connectivity index (χ2v) is 5.70. The number of carbonyl (C=O) groups is 2. The van der Waals surface area contributed by atoms with E-state index in [1.54, 1.807) is 11.0 Å². The number of benzene rings is 1. The van der Waals surface area contributed by atoms with Crippen molar-refractivity contribution in [1.29, 1.82) is 0 Å². The van der Waals surface area contributed by atoms with Gasteiger partial charge in [-0.1, -0.05) is 11.6 Å². The third kappa shape index (κ3) is 4.66. The molecule has 0 aromatic heterocycles. The lowest BCUT2D eigenvalue weighted by Crippen LogP contribution is -2.52. The molecule has 9 heteroatoms. The second-order valence-electron chi connectivity index (χ2n) is 5.30. The molecule has 0 radical (unpaired) electrons. The van der Waals surface area contributed by atoms with Crippen LogP contribution in [0.1, 0.15) is 17.3 Å². The summed E-state index contributed by atoms with van der Waals surface area (Å²) in [5.41, 5.74) is 5.47. The first-order valence-electron chi connectivity index (χ1n) is 7.24. The van der Waals surface area contributed by atoms with Crippen molar-refractivity contribution in [2.45, 2.75) is 13.0 Å². The quantitative estimate of drug-likeness (QED) is 0.800. The fraction of sp³-hybridized carbons (Fsp3) is 0.467. The number of nitrogens with two attached hydrogens (primary N) is 1. The number of amides is 2. The predicted molar refractivity (Wildman–Crippen MR) is 93.3 cm³/mol. The van der Waals surface area contributed by atoms with Gasteiger partial charge in [0.1, 0.15) is 0 Å². The van der Waals surface area contributed by atoms with Crippen LogP contribution in [0.3, 0.4) is 0 Å². The summed E-state index contributed by atoms with van der Waals surface area (Å²) >= 11 is 6.18. The third-order valence-corrected chi connectivity index (χ3v) is 3.88. The molecule has 0 aliphatic carbocycles. The Morgan fingerprint density at radius 1 is 1.46 bits per heavy atom.